The highest BCUT2D eigenvalue weighted by molar-refractivity contribution is 6.31. The summed E-state index contributed by atoms with van der Waals surface area (Å²) in [6.07, 6.45) is 0. The minimum Gasteiger partial charge on any atom is -0.309 e. The third kappa shape index (κ3) is 2.83. The Morgan fingerprint density at radius 3 is 2.28 bits per heavy atom. The lowest BCUT2D eigenvalue weighted by atomic mass is 9.99. The van der Waals surface area contributed by atoms with Crippen LogP contribution in [0.1, 0.15) is 17.2 Å². The van der Waals surface area contributed by atoms with Crippen molar-refractivity contribution in [3.8, 4) is 0 Å². The van der Waals surface area contributed by atoms with Gasteiger partial charge in [-0.2, -0.15) is 0 Å². The minimum atomic E-state index is -0.338. The van der Waals surface area contributed by atoms with Gasteiger partial charge in [-0.1, -0.05) is 41.4 Å². The fourth-order valence-corrected chi connectivity index (χ4v) is 2.29. The van der Waals surface area contributed by atoms with Crippen LogP contribution in [0.25, 0.3) is 0 Å². The summed E-state index contributed by atoms with van der Waals surface area (Å²) in [5, 5.41) is 4.25. The van der Waals surface area contributed by atoms with Crippen molar-refractivity contribution in [3.63, 3.8) is 0 Å². The zero-order valence-corrected chi connectivity index (χ0v) is 11.3. The van der Waals surface area contributed by atoms with Gasteiger partial charge in [0.15, 0.2) is 0 Å². The Hall–Kier alpha value is -1.09. The lowest BCUT2D eigenvalue weighted by Crippen LogP contribution is -2.18. The summed E-state index contributed by atoms with van der Waals surface area (Å²) in [5.41, 5.74) is 1.86. The van der Waals surface area contributed by atoms with E-state index in [1.54, 1.807) is 6.07 Å². The van der Waals surface area contributed by atoms with Gasteiger partial charge < -0.3 is 5.32 Å². The summed E-state index contributed by atoms with van der Waals surface area (Å²) >= 11 is 11.9. The topological polar surface area (TPSA) is 12.0 Å². The van der Waals surface area contributed by atoms with E-state index < -0.39 is 0 Å². The lowest BCUT2D eigenvalue weighted by Gasteiger charge is -2.18. The van der Waals surface area contributed by atoms with Crippen LogP contribution < -0.4 is 5.32 Å². The van der Waals surface area contributed by atoms with Crippen LogP contribution in [0.4, 0.5) is 4.39 Å². The van der Waals surface area contributed by atoms with Gasteiger partial charge in [0.05, 0.1) is 6.04 Å². The molecule has 0 saturated carbocycles. The molecule has 94 valence electrons. The van der Waals surface area contributed by atoms with E-state index in [-0.39, 0.29) is 11.9 Å². The Morgan fingerprint density at radius 2 is 1.72 bits per heavy atom. The molecule has 2 aromatic rings. The molecule has 1 unspecified atom stereocenters. The first-order valence-corrected chi connectivity index (χ1v) is 6.25. The molecule has 0 amide bonds. The molecule has 0 fully saturated rings. The summed E-state index contributed by atoms with van der Waals surface area (Å²) in [6, 6.07) is 11.8. The number of halogens is 3. The second-order valence-corrected chi connectivity index (χ2v) is 4.78. The standard InChI is InChI=1S/C14H12Cl2FN/c1-18-14(9-2-4-10(15)5-3-9)12-7-6-11(17)8-13(12)16/h2-8,14,18H,1H3. The van der Waals surface area contributed by atoms with Gasteiger partial charge in [-0.25, -0.2) is 4.39 Å². The van der Waals surface area contributed by atoms with Crippen molar-refractivity contribution < 1.29 is 4.39 Å². The molecular formula is C14H12Cl2FN. The number of benzene rings is 2. The van der Waals surface area contributed by atoms with E-state index in [0.717, 1.165) is 11.1 Å². The first-order chi connectivity index (χ1) is 8.61. The maximum Gasteiger partial charge on any atom is 0.124 e. The van der Waals surface area contributed by atoms with Crippen LogP contribution in [0.3, 0.4) is 0 Å². The van der Waals surface area contributed by atoms with Crippen molar-refractivity contribution >= 4 is 23.2 Å². The van der Waals surface area contributed by atoms with E-state index in [1.165, 1.54) is 12.1 Å². The molecule has 18 heavy (non-hydrogen) atoms. The van der Waals surface area contributed by atoms with Crippen molar-refractivity contribution in [1.29, 1.82) is 0 Å². The molecule has 0 saturated heterocycles. The molecule has 1 atom stereocenters. The molecular weight excluding hydrogens is 272 g/mol. The third-order valence-corrected chi connectivity index (χ3v) is 3.34. The van der Waals surface area contributed by atoms with Gasteiger partial charge in [0.2, 0.25) is 0 Å². The highest BCUT2D eigenvalue weighted by atomic mass is 35.5. The molecule has 1 nitrogen and oxygen atoms in total. The monoisotopic (exact) mass is 283 g/mol. The number of hydrogen-bond acceptors (Lipinski definition) is 1. The molecule has 0 radical (unpaired) electrons. The molecule has 4 heteroatoms. The fraction of sp³-hybridized carbons (Fsp3) is 0.143. The zero-order chi connectivity index (χ0) is 13.1. The summed E-state index contributed by atoms with van der Waals surface area (Å²) in [4.78, 5) is 0. The molecule has 0 bridgehead atoms. The van der Waals surface area contributed by atoms with Crippen LogP contribution in [0.15, 0.2) is 42.5 Å². The molecule has 2 aromatic carbocycles. The Balaban J connectivity index is 2.41. The molecule has 0 heterocycles. The van der Waals surface area contributed by atoms with Gasteiger partial charge in [0.1, 0.15) is 5.82 Å². The number of rotatable bonds is 3. The maximum absolute atomic E-state index is 13.0. The SMILES string of the molecule is CNC(c1ccc(Cl)cc1)c1ccc(F)cc1Cl. The van der Waals surface area contributed by atoms with Crippen LogP contribution in [-0.2, 0) is 0 Å². The van der Waals surface area contributed by atoms with Crippen LogP contribution in [0.5, 0.6) is 0 Å². The molecule has 0 aliphatic carbocycles. The van der Waals surface area contributed by atoms with E-state index >= 15 is 0 Å². The Bertz CT molecular complexity index is 540. The minimum absolute atomic E-state index is 0.0876. The quantitative estimate of drug-likeness (QED) is 0.878. The van der Waals surface area contributed by atoms with Crippen LogP contribution in [0.2, 0.25) is 10.0 Å². The predicted octanol–water partition coefficient (Wildman–Crippen LogP) is 4.44. The molecule has 0 aliphatic rings. The van der Waals surface area contributed by atoms with E-state index in [1.807, 2.05) is 31.3 Å². The molecule has 1 N–H and O–H groups in total. The van der Waals surface area contributed by atoms with Crippen molar-refractivity contribution in [1.82, 2.24) is 5.32 Å². The van der Waals surface area contributed by atoms with Crippen molar-refractivity contribution in [3.05, 3.63) is 69.5 Å². The highest BCUT2D eigenvalue weighted by Gasteiger charge is 2.15. The van der Waals surface area contributed by atoms with Gasteiger partial charge in [-0.05, 0) is 42.4 Å². The molecule has 0 aromatic heterocycles. The summed E-state index contributed by atoms with van der Waals surface area (Å²) in [5.74, 6) is -0.338. The summed E-state index contributed by atoms with van der Waals surface area (Å²) in [6.45, 7) is 0. The molecule has 0 spiro atoms. The molecule has 2 rings (SSSR count). The first kappa shape index (κ1) is 13.3. The fourth-order valence-electron chi connectivity index (χ4n) is 1.89. The van der Waals surface area contributed by atoms with Crippen LogP contribution >= 0.6 is 23.2 Å². The van der Waals surface area contributed by atoms with Crippen molar-refractivity contribution in [2.45, 2.75) is 6.04 Å². The Morgan fingerprint density at radius 1 is 1.06 bits per heavy atom. The summed E-state index contributed by atoms with van der Waals surface area (Å²) in [7, 11) is 1.83. The second-order valence-electron chi connectivity index (χ2n) is 3.94. The van der Waals surface area contributed by atoms with Gasteiger partial charge in [0, 0.05) is 10.0 Å². The average Bonchev–Trinajstić information content (AvgIpc) is 2.35. The smallest absolute Gasteiger partial charge is 0.124 e. The Labute approximate surface area is 116 Å². The van der Waals surface area contributed by atoms with Gasteiger partial charge in [0.25, 0.3) is 0 Å². The number of nitrogens with one attached hydrogen (secondary N) is 1. The lowest BCUT2D eigenvalue weighted by molar-refractivity contribution is 0.623. The maximum atomic E-state index is 13.0. The third-order valence-electron chi connectivity index (χ3n) is 2.77. The van der Waals surface area contributed by atoms with Crippen LogP contribution in [-0.4, -0.2) is 7.05 Å². The second kappa shape index (κ2) is 5.70. The average molecular weight is 284 g/mol. The van der Waals surface area contributed by atoms with Crippen LogP contribution in [0, 0.1) is 5.82 Å². The van der Waals surface area contributed by atoms with E-state index in [0.29, 0.717) is 10.0 Å². The Kier molecular flexibility index (Phi) is 4.23. The zero-order valence-electron chi connectivity index (χ0n) is 9.75. The molecule has 0 aliphatic heterocycles. The first-order valence-electron chi connectivity index (χ1n) is 5.49. The van der Waals surface area contributed by atoms with Crippen molar-refractivity contribution in [2.24, 2.45) is 0 Å². The predicted molar refractivity (Wildman–Crippen MR) is 73.8 cm³/mol. The summed E-state index contributed by atoms with van der Waals surface area (Å²) < 4.78 is 13.0. The van der Waals surface area contributed by atoms with Crippen molar-refractivity contribution in [2.75, 3.05) is 7.05 Å². The van der Waals surface area contributed by atoms with E-state index in [2.05, 4.69) is 5.32 Å². The van der Waals surface area contributed by atoms with E-state index in [9.17, 15) is 4.39 Å². The largest absolute Gasteiger partial charge is 0.309 e. The van der Waals surface area contributed by atoms with Gasteiger partial charge >= 0.3 is 0 Å². The highest BCUT2D eigenvalue weighted by Crippen LogP contribution is 2.29. The van der Waals surface area contributed by atoms with Gasteiger partial charge in [-0.3, -0.25) is 0 Å². The van der Waals surface area contributed by atoms with E-state index in [4.69, 9.17) is 23.2 Å². The van der Waals surface area contributed by atoms with Gasteiger partial charge in [-0.15, -0.1) is 0 Å². The number of hydrogen-bond donors (Lipinski definition) is 1. The normalized spacial score (nSPS) is 12.4.